The summed E-state index contributed by atoms with van der Waals surface area (Å²) < 4.78 is 0. The quantitative estimate of drug-likeness (QED) is 0.355. The molecule has 0 aromatic carbocycles. The maximum absolute atomic E-state index is 6.12. The van der Waals surface area contributed by atoms with Crippen LogP contribution in [0.25, 0.3) is 0 Å². The molecule has 142 valence electrons. The lowest BCUT2D eigenvalue weighted by Crippen LogP contribution is -2.44. The van der Waals surface area contributed by atoms with Crippen molar-refractivity contribution < 1.29 is 0 Å². The molecule has 1 saturated heterocycles. The summed E-state index contributed by atoms with van der Waals surface area (Å²) in [6.07, 6.45) is 9.43. The van der Waals surface area contributed by atoms with Crippen LogP contribution in [0.5, 0.6) is 0 Å². The van der Waals surface area contributed by atoms with Crippen LogP contribution in [0.1, 0.15) is 51.9 Å². The number of nitrogens with two attached hydrogens (primary N) is 1. The van der Waals surface area contributed by atoms with Crippen molar-refractivity contribution in [3.8, 4) is 0 Å². The Morgan fingerprint density at radius 1 is 1.21 bits per heavy atom. The van der Waals surface area contributed by atoms with E-state index in [1.807, 2.05) is 0 Å². The van der Waals surface area contributed by atoms with E-state index in [0.29, 0.717) is 18.0 Å². The van der Waals surface area contributed by atoms with Crippen molar-refractivity contribution in [1.29, 1.82) is 0 Å². The molecule has 1 aliphatic carbocycles. The molecule has 2 rings (SSSR count). The van der Waals surface area contributed by atoms with Gasteiger partial charge >= 0.3 is 0 Å². The van der Waals surface area contributed by atoms with Gasteiger partial charge in [0.05, 0.1) is 6.54 Å². The van der Waals surface area contributed by atoms with E-state index in [2.05, 4.69) is 41.1 Å². The molecule has 5 nitrogen and oxygen atoms in total. The van der Waals surface area contributed by atoms with E-state index >= 15 is 0 Å². The molecule has 0 bridgehead atoms. The van der Waals surface area contributed by atoms with Gasteiger partial charge in [0.15, 0.2) is 5.96 Å². The van der Waals surface area contributed by atoms with Gasteiger partial charge in [-0.3, -0.25) is 9.89 Å². The zero-order valence-corrected chi connectivity index (χ0v) is 18.2. The van der Waals surface area contributed by atoms with Crippen LogP contribution in [-0.2, 0) is 0 Å². The molecule has 24 heavy (non-hydrogen) atoms. The van der Waals surface area contributed by atoms with Gasteiger partial charge in [0.25, 0.3) is 0 Å². The summed E-state index contributed by atoms with van der Waals surface area (Å²) in [7, 11) is 4.35. The van der Waals surface area contributed by atoms with Crippen LogP contribution < -0.4 is 11.1 Å². The minimum Gasteiger partial charge on any atom is -0.370 e. The molecule has 0 spiro atoms. The Balaban J connectivity index is 0.00000288. The molecule has 2 fully saturated rings. The van der Waals surface area contributed by atoms with Crippen molar-refractivity contribution in [2.75, 3.05) is 40.3 Å². The smallest absolute Gasteiger partial charge is 0.188 e. The summed E-state index contributed by atoms with van der Waals surface area (Å²) in [5.74, 6) is 1.40. The lowest BCUT2D eigenvalue weighted by Gasteiger charge is -2.34. The standard InChI is InChI=1S/C18H37N5.HI/c1-4-23-12-8-11-16(23)13-20-18(19)21-14-17(22(2)3)15-9-6-5-7-10-15;/h15-17H,4-14H2,1-3H3,(H3,19,20,21);1H. The number of aliphatic imine (C=N–C) groups is 1. The lowest BCUT2D eigenvalue weighted by atomic mass is 9.83. The van der Waals surface area contributed by atoms with Crippen LogP contribution in [0.3, 0.4) is 0 Å². The summed E-state index contributed by atoms with van der Waals surface area (Å²) in [5.41, 5.74) is 6.12. The first-order valence-corrected chi connectivity index (χ1v) is 9.56. The second-order valence-corrected chi connectivity index (χ2v) is 7.46. The van der Waals surface area contributed by atoms with Crippen molar-refractivity contribution >= 4 is 29.9 Å². The molecule has 2 unspecified atom stereocenters. The van der Waals surface area contributed by atoms with E-state index in [9.17, 15) is 0 Å². The van der Waals surface area contributed by atoms with E-state index in [-0.39, 0.29) is 24.0 Å². The summed E-state index contributed by atoms with van der Waals surface area (Å²) >= 11 is 0. The van der Waals surface area contributed by atoms with Crippen LogP contribution in [0.15, 0.2) is 4.99 Å². The molecule has 2 atom stereocenters. The highest BCUT2D eigenvalue weighted by molar-refractivity contribution is 14.0. The predicted molar refractivity (Wildman–Crippen MR) is 114 cm³/mol. The SMILES string of the molecule is CCN1CCCC1CNC(N)=NCC(C1CCCCC1)N(C)C.I. The van der Waals surface area contributed by atoms with Gasteiger partial charge in [-0.05, 0) is 58.8 Å². The van der Waals surface area contributed by atoms with E-state index < -0.39 is 0 Å². The third-order valence-corrected chi connectivity index (χ3v) is 5.73. The van der Waals surface area contributed by atoms with Crippen LogP contribution in [-0.4, -0.2) is 68.1 Å². The first-order valence-electron chi connectivity index (χ1n) is 9.56. The largest absolute Gasteiger partial charge is 0.370 e. The molecule has 1 saturated carbocycles. The van der Waals surface area contributed by atoms with E-state index in [0.717, 1.165) is 25.6 Å². The van der Waals surface area contributed by atoms with E-state index in [1.165, 1.54) is 51.5 Å². The zero-order valence-electron chi connectivity index (χ0n) is 15.8. The Bertz CT molecular complexity index is 368. The van der Waals surface area contributed by atoms with Crippen LogP contribution in [0.4, 0.5) is 0 Å². The Hall–Kier alpha value is -0.0800. The lowest BCUT2D eigenvalue weighted by molar-refractivity contribution is 0.176. The van der Waals surface area contributed by atoms with Crippen LogP contribution in [0, 0.1) is 5.92 Å². The maximum atomic E-state index is 6.12. The van der Waals surface area contributed by atoms with Gasteiger partial charge in [-0.15, -0.1) is 24.0 Å². The number of nitrogens with one attached hydrogen (secondary N) is 1. The Morgan fingerprint density at radius 2 is 1.92 bits per heavy atom. The molecule has 1 aliphatic heterocycles. The van der Waals surface area contributed by atoms with Gasteiger partial charge in [-0.25, -0.2) is 0 Å². The molecule has 0 amide bonds. The third-order valence-electron chi connectivity index (χ3n) is 5.73. The molecular formula is C18H38IN5. The molecular weight excluding hydrogens is 413 g/mol. The van der Waals surface area contributed by atoms with Gasteiger partial charge < -0.3 is 16.0 Å². The predicted octanol–water partition coefficient (Wildman–Crippen LogP) is 2.50. The molecule has 0 radical (unpaired) electrons. The number of rotatable bonds is 7. The van der Waals surface area contributed by atoms with Crippen molar-refractivity contribution in [1.82, 2.24) is 15.1 Å². The summed E-state index contributed by atoms with van der Waals surface area (Å²) in [6.45, 7) is 6.34. The fraction of sp³-hybridized carbons (Fsp3) is 0.944. The van der Waals surface area contributed by atoms with Gasteiger partial charge in [0.2, 0.25) is 0 Å². The average molecular weight is 451 g/mol. The first kappa shape index (κ1) is 22.0. The molecule has 0 aromatic heterocycles. The monoisotopic (exact) mass is 451 g/mol. The average Bonchev–Trinajstić information content (AvgIpc) is 3.01. The molecule has 2 aliphatic rings. The Kier molecular flexibility index (Phi) is 10.5. The van der Waals surface area contributed by atoms with Crippen molar-refractivity contribution in [2.24, 2.45) is 16.6 Å². The van der Waals surface area contributed by atoms with Gasteiger partial charge in [0.1, 0.15) is 0 Å². The van der Waals surface area contributed by atoms with Gasteiger partial charge in [-0.1, -0.05) is 26.2 Å². The normalized spacial score (nSPS) is 24.8. The zero-order chi connectivity index (χ0) is 16.7. The van der Waals surface area contributed by atoms with Crippen molar-refractivity contribution in [2.45, 2.75) is 64.0 Å². The second-order valence-electron chi connectivity index (χ2n) is 7.46. The minimum atomic E-state index is 0. The Morgan fingerprint density at radius 3 is 2.54 bits per heavy atom. The van der Waals surface area contributed by atoms with E-state index in [4.69, 9.17) is 5.73 Å². The molecule has 6 heteroatoms. The molecule has 3 N–H and O–H groups in total. The van der Waals surface area contributed by atoms with Crippen molar-refractivity contribution in [3.05, 3.63) is 0 Å². The summed E-state index contributed by atoms with van der Waals surface area (Å²) in [6, 6.07) is 1.14. The fourth-order valence-corrected chi connectivity index (χ4v) is 4.27. The minimum absolute atomic E-state index is 0. The number of hydrogen-bond donors (Lipinski definition) is 2. The van der Waals surface area contributed by atoms with Gasteiger partial charge in [0, 0.05) is 18.6 Å². The number of nitrogens with zero attached hydrogens (tertiary/aromatic N) is 3. The molecule has 1 heterocycles. The number of guanidine groups is 1. The number of likely N-dealkylation sites (tertiary alicyclic amines) is 1. The first-order chi connectivity index (χ1) is 11.1. The van der Waals surface area contributed by atoms with E-state index in [1.54, 1.807) is 0 Å². The highest BCUT2D eigenvalue weighted by Gasteiger charge is 2.25. The highest BCUT2D eigenvalue weighted by atomic mass is 127. The van der Waals surface area contributed by atoms with Crippen molar-refractivity contribution in [3.63, 3.8) is 0 Å². The number of likely N-dealkylation sites (N-methyl/N-ethyl adjacent to an activating group) is 2. The Labute approximate surface area is 165 Å². The maximum Gasteiger partial charge on any atom is 0.188 e. The fourth-order valence-electron chi connectivity index (χ4n) is 4.27. The summed E-state index contributed by atoms with van der Waals surface area (Å²) in [4.78, 5) is 9.52. The number of hydrogen-bond acceptors (Lipinski definition) is 3. The highest BCUT2D eigenvalue weighted by Crippen LogP contribution is 2.28. The topological polar surface area (TPSA) is 56.9 Å². The summed E-state index contributed by atoms with van der Waals surface area (Å²) in [5, 5.41) is 3.35. The molecule has 0 aromatic rings. The van der Waals surface area contributed by atoms with Crippen LogP contribution >= 0.6 is 24.0 Å². The second kappa shape index (κ2) is 11.5. The van der Waals surface area contributed by atoms with Crippen LogP contribution in [0.2, 0.25) is 0 Å². The third kappa shape index (κ3) is 6.67. The van der Waals surface area contributed by atoms with Gasteiger partial charge in [-0.2, -0.15) is 0 Å². The number of halogens is 1.